The number of ketones is 2. The van der Waals surface area contributed by atoms with Gasteiger partial charge in [0.15, 0.2) is 0 Å². The fraction of sp³-hybridized carbons (Fsp3) is 0.400. The van der Waals surface area contributed by atoms with Gasteiger partial charge in [-0.3, -0.25) is 9.59 Å². The van der Waals surface area contributed by atoms with E-state index in [0.717, 1.165) is 0 Å². The molecule has 2 N–H and O–H groups in total. The zero-order valence-electron chi connectivity index (χ0n) is 11.8. The zero-order valence-corrected chi connectivity index (χ0v) is 12.9. The van der Waals surface area contributed by atoms with Crippen LogP contribution in [0.1, 0.15) is 0 Å². The van der Waals surface area contributed by atoms with E-state index in [9.17, 15) is 62.3 Å². The first-order valence-corrected chi connectivity index (χ1v) is 5.28. The van der Waals surface area contributed by atoms with Crippen molar-refractivity contribution in [2.45, 2.75) is 24.7 Å². The van der Waals surface area contributed by atoms with Crippen molar-refractivity contribution in [2.75, 3.05) is 0 Å². The Kier molecular flexibility index (Phi) is 10.9. The number of carbonyl (C=O) groups is 2. The van der Waals surface area contributed by atoms with Crippen molar-refractivity contribution in [1.29, 1.82) is 0 Å². The summed E-state index contributed by atoms with van der Waals surface area (Å²) < 4.78 is 136. The molecule has 160 valence electrons. The first-order valence-electron chi connectivity index (χ1n) is 5.28. The number of hydrogen-bond donors (Lipinski definition) is 2. The van der Waals surface area contributed by atoms with E-state index < -0.39 is 59.9 Å². The third kappa shape index (κ3) is 13.0. The van der Waals surface area contributed by atoms with Crippen LogP contribution in [0.25, 0.3) is 0 Å². The third-order valence-corrected chi connectivity index (χ3v) is 1.68. The van der Waals surface area contributed by atoms with Gasteiger partial charge >= 0.3 is 24.7 Å². The smallest absolute Gasteiger partial charge is 0.454 e. The van der Waals surface area contributed by atoms with Crippen molar-refractivity contribution in [1.82, 2.24) is 0 Å². The summed E-state index contributed by atoms with van der Waals surface area (Å²) in [5.41, 5.74) is 0. The first-order chi connectivity index (χ1) is 11.1. The fourth-order valence-corrected chi connectivity index (χ4v) is 0.576. The second-order valence-corrected chi connectivity index (χ2v) is 3.78. The molecular weight excluding hydrogens is 468 g/mol. The van der Waals surface area contributed by atoms with Gasteiger partial charge in [-0.05, 0) is 0 Å². The summed E-state index contributed by atoms with van der Waals surface area (Å²) in [4.78, 5) is 19.7. The van der Waals surface area contributed by atoms with Crippen molar-refractivity contribution >= 4 is 11.6 Å². The van der Waals surface area contributed by atoms with Crippen LogP contribution in [-0.2, 0) is 26.7 Å². The van der Waals surface area contributed by atoms with Gasteiger partial charge in [-0.25, -0.2) is 0 Å². The molecule has 0 rings (SSSR count). The maximum atomic E-state index is 11.4. The van der Waals surface area contributed by atoms with Gasteiger partial charge in [0.1, 0.15) is 0 Å². The van der Waals surface area contributed by atoms with E-state index in [1.54, 1.807) is 0 Å². The first kappa shape index (κ1) is 29.8. The SMILES string of the molecule is O=C(/C=C(\O)C(F)(F)F)C(F)(F)F.O=C(/C=C(\O)C(F)(F)F)C(F)(F)F.[Fe]. The molecule has 17 heteroatoms. The monoisotopic (exact) mass is 472 g/mol. The van der Waals surface area contributed by atoms with E-state index in [-0.39, 0.29) is 17.1 Å². The molecule has 0 aliphatic rings. The number of hydrogen-bond acceptors (Lipinski definition) is 4. The second kappa shape index (κ2) is 9.87. The molecule has 0 heterocycles. The predicted molar refractivity (Wildman–Crippen MR) is 55.7 cm³/mol. The topological polar surface area (TPSA) is 74.6 Å². The van der Waals surface area contributed by atoms with Crippen LogP contribution in [0.2, 0.25) is 0 Å². The molecule has 0 aromatic rings. The van der Waals surface area contributed by atoms with E-state index >= 15 is 0 Å². The molecule has 4 nitrogen and oxygen atoms in total. The van der Waals surface area contributed by atoms with Crippen LogP contribution in [0.15, 0.2) is 23.7 Å². The van der Waals surface area contributed by atoms with Crippen molar-refractivity contribution in [3.05, 3.63) is 23.7 Å². The molecule has 0 aliphatic heterocycles. The largest absolute Gasteiger partial charge is 0.504 e. The van der Waals surface area contributed by atoms with Gasteiger partial charge in [0.25, 0.3) is 11.6 Å². The molecular formula is C10H4F12FeO4. The van der Waals surface area contributed by atoms with E-state index in [4.69, 9.17) is 10.2 Å². The van der Waals surface area contributed by atoms with Crippen molar-refractivity contribution in [3.8, 4) is 0 Å². The number of rotatable bonds is 2. The molecule has 0 radical (unpaired) electrons. The molecule has 0 unspecified atom stereocenters. The minimum atomic E-state index is -5.42. The number of carbonyl (C=O) groups excluding carboxylic acids is 2. The average Bonchev–Trinajstić information content (AvgIpc) is 2.34. The standard InChI is InChI=1S/2C5H2F6O2.Fe/c2*6-4(7,8)2(12)1-3(13)5(9,10)11;/h2*1,12H;/b2*2-1-;. The summed E-state index contributed by atoms with van der Waals surface area (Å²) in [6, 6.07) is 0. The van der Waals surface area contributed by atoms with E-state index in [0.29, 0.717) is 0 Å². The number of allylic oxidation sites excluding steroid dienone is 4. The van der Waals surface area contributed by atoms with Crippen LogP contribution in [-0.4, -0.2) is 46.5 Å². The number of alkyl halides is 12. The van der Waals surface area contributed by atoms with Gasteiger partial charge in [0.05, 0.1) is 0 Å². The van der Waals surface area contributed by atoms with Crippen molar-refractivity contribution in [2.24, 2.45) is 0 Å². The van der Waals surface area contributed by atoms with Gasteiger partial charge in [-0.15, -0.1) is 0 Å². The van der Waals surface area contributed by atoms with Crippen LogP contribution in [0.4, 0.5) is 52.7 Å². The Bertz CT molecular complexity index is 527. The van der Waals surface area contributed by atoms with Gasteiger partial charge in [0, 0.05) is 29.2 Å². The van der Waals surface area contributed by atoms with E-state index in [2.05, 4.69) is 0 Å². The Labute approximate surface area is 150 Å². The number of halogens is 12. The zero-order chi connectivity index (χ0) is 21.7. The summed E-state index contributed by atoms with van der Waals surface area (Å²) in [6.07, 6.45) is -23.4. The van der Waals surface area contributed by atoms with Crippen LogP contribution < -0.4 is 0 Å². The van der Waals surface area contributed by atoms with Gasteiger partial charge in [-0.2, -0.15) is 52.7 Å². The molecule has 0 fully saturated rings. The summed E-state index contributed by atoms with van der Waals surface area (Å²) in [5.74, 6) is -10.7. The average molecular weight is 472 g/mol. The normalized spacial score (nSPS) is 13.9. The minimum Gasteiger partial charge on any atom is -0.504 e. The van der Waals surface area contributed by atoms with Crippen LogP contribution in [0.3, 0.4) is 0 Å². The minimum absolute atomic E-state index is 0. The molecule has 0 aromatic heterocycles. The predicted octanol–water partition coefficient (Wildman–Crippen LogP) is 4.24. The van der Waals surface area contributed by atoms with E-state index in [1.165, 1.54) is 0 Å². The van der Waals surface area contributed by atoms with Crippen LogP contribution in [0, 0.1) is 0 Å². The molecule has 0 bridgehead atoms. The summed E-state index contributed by atoms with van der Waals surface area (Å²) in [5, 5.41) is 15.9. The Hall–Kier alpha value is -1.90. The molecule has 0 atom stereocenters. The third-order valence-electron chi connectivity index (χ3n) is 1.68. The van der Waals surface area contributed by atoms with Crippen molar-refractivity contribution in [3.63, 3.8) is 0 Å². The molecule has 0 amide bonds. The second-order valence-electron chi connectivity index (χ2n) is 3.78. The summed E-state index contributed by atoms with van der Waals surface area (Å²) >= 11 is 0. The molecule has 0 spiro atoms. The van der Waals surface area contributed by atoms with E-state index in [1.807, 2.05) is 0 Å². The Morgan fingerprint density at radius 3 is 0.815 bits per heavy atom. The molecule has 0 saturated heterocycles. The maximum absolute atomic E-state index is 11.4. The van der Waals surface area contributed by atoms with Gasteiger partial charge in [0.2, 0.25) is 11.5 Å². The molecule has 0 aliphatic carbocycles. The van der Waals surface area contributed by atoms with Gasteiger partial charge < -0.3 is 10.2 Å². The molecule has 0 aromatic carbocycles. The van der Waals surface area contributed by atoms with Crippen molar-refractivity contribution < 1.29 is 89.6 Å². The Morgan fingerprint density at radius 2 is 0.704 bits per heavy atom. The fourth-order valence-electron chi connectivity index (χ4n) is 0.576. The number of aliphatic hydroxyl groups excluding tert-OH is 2. The maximum Gasteiger partial charge on any atom is 0.454 e. The van der Waals surface area contributed by atoms with Crippen LogP contribution >= 0.6 is 0 Å². The quantitative estimate of drug-likeness (QED) is 0.273. The Balaban J connectivity index is -0.000000411. The molecule has 27 heavy (non-hydrogen) atoms. The Morgan fingerprint density at radius 1 is 0.519 bits per heavy atom. The van der Waals surface area contributed by atoms with Crippen LogP contribution in [0.5, 0.6) is 0 Å². The summed E-state index contributed by atoms with van der Waals surface area (Å²) in [6.45, 7) is 0. The molecule has 0 saturated carbocycles. The van der Waals surface area contributed by atoms with Gasteiger partial charge in [-0.1, -0.05) is 0 Å². The number of aliphatic hydroxyl groups is 2. The summed E-state index contributed by atoms with van der Waals surface area (Å²) in [7, 11) is 0.